The van der Waals surface area contributed by atoms with E-state index in [1.807, 2.05) is 37.8 Å². The number of aromatic nitrogens is 1. The van der Waals surface area contributed by atoms with E-state index >= 15 is 0 Å². The normalized spacial score (nSPS) is 11.4. The van der Waals surface area contributed by atoms with Gasteiger partial charge in [0.05, 0.1) is 12.2 Å². The van der Waals surface area contributed by atoms with E-state index < -0.39 is 0 Å². The minimum Gasteiger partial charge on any atom is -0.378 e. The van der Waals surface area contributed by atoms with Crippen LogP contribution < -0.4 is 9.47 Å². The Balaban J connectivity index is 1.50. The van der Waals surface area contributed by atoms with Gasteiger partial charge in [-0.05, 0) is 47.4 Å². The fourth-order valence-electron chi connectivity index (χ4n) is 2.75. The minimum absolute atomic E-state index is 0.590. The van der Waals surface area contributed by atoms with Crippen molar-refractivity contribution in [3.63, 3.8) is 0 Å². The van der Waals surface area contributed by atoms with E-state index in [2.05, 4.69) is 88.2 Å². The molecule has 0 N–H and O–H groups in total. The van der Waals surface area contributed by atoms with Crippen molar-refractivity contribution in [2.24, 2.45) is 17.3 Å². The van der Waals surface area contributed by atoms with Gasteiger partial charge in [-0.3, -0.25) is 0 Å². The van der Waals surface area contributed by atoms with Gasteiger partial charge >= 0.3 is 0 Å². The fourth-order valence-corrected chi connectivity index (χ4v) is 2.75. The van der Waals surface area contributed by atoms with Crippen LogP contribution in [0.1, 0.15) is 16.7 Å². The van der Waals surface area contributed by atoms with Crippen molar-refractivity contribution in [2.45, 2.75) is 13.0 Å². The predicted octanol–water partition coefficient (Wildman–Crippen LogP) is 5.12. The monoisotopic (exact) mass is 371 g/mol. The first kappa shape index (κ1) is 19.5. The molecule has 3 rings (SSSR count). The van der Waals surface area contributed by atoms with Crippen LogP contribution in [0.2, 0.25) is 0 Å². The van der Waals surface area contributed by atoms with Gasteiger partial charge in [-0.1, -0.05) is 36.4 Å². The number of pyridine rings is 1. The lowest BCUT2D eigenvalue weighted by molar-refractivity contribution is -0.671. The maximum absolute atomic E-state index is 4.33. The molecule has 1 aromatic heterocycles. The molecule has 4 heteroatoms. The van der Waals surface area contributed by atoms with Crippen LogP contribution in [0.15, 0.2) is 89.4 Å². The Bertz CT molecular complexity index is 922. The summed E-state index contributed by atoms with van der Waals surface area (Å²) in [7, 11) is 6.10. The molecule has 142 valence electrons. The Morgan fingerprint density at radius 2 is 1.50 bits per heavy atom. The Labute approximate surface area is 167 Å². The summed E-state index contributed by atoms with van der Waals surface area (Å²) in [6, 6.07) is 20.8. The quantitative estimate of drug-likeness (QED) is 0.419. The molecule has 4 nitrogen and oxygen atoms in total. The summed E-state index contributed by atoms with van der Waals surface area (Å²) in [5, 5.41) is 8.65. The average Bonchev–Trinajstić information content (AvgIpc) is 2.71. The van der Waals surface area contributed by atoms with Crippen molar-refractivity contribution in [2.75, 3.05) is 19.0 Å². The van der Waals surface area contributed by atoms with Crippen molar-refractivity contribution in [3.8, 4) is 0 Å². The number of allylic oxidation sites excluding steroid dienone is 1. The molecular formula is C24H27N4+. The second kappa shape index (κ2) is 9.60. The van der Waals surface area contributed by atoms with Gasteiger partial charge in [0.15, 0.2) is 12.4 Å². The third kappa shape index (κ3) is 5.88. The van der Waals surface area contributed by atoms with Gasteiger partial charge in [-0.25, -0.2) is 4.57 Å². The summed E-state index contributed by atoms with van der Waals surface area (Å²) in [6.07, 6.45) is 9.33. The van der Waals surface area contributed by atoms with Crippen molar-refractivity contribution in [1.82, 2.24) is 0 Å². The number of azo groups is 1. The summed E-state index contributed by atoms with van der Waals surface area (Å²) < 4.78 is 2.03. The lowest BCUT2D eigenvalue weighted by Gasteiger charge is -2.11. The number of hydrogen-bond acceptors (Lipinski definition) is 3. The van der Waals surface area contributed by atoms with E-state index in [0.29, 0.717) is 6.54 Å². The molecule has 0 bridgehead atoms. The Kier molecular flexibility index (Phi) is 6.68. The molecule has 0 saturated heterocycles. The first-order chi connectivity index (χ1) is 13.6. The maximum Gasteiger partial charge on any atom is 0.169 e. The van der Waals surface area contributed by atoms with Crippen LogP contribution in [-0.4, -0.2) is 14.1 Å². The molecule has 0 radical (unpaired) electrons. The molecular weight excluding hydrogens is 344 g/mol. The standard InChI is InChI=1S/C24H27N4/c1-27(2)24-13-9-22(10-14-24)19-25-26-23-11-7-20(8-12-23)5-4-6-21-15-17-28(3)18-16-21/h4,6-18H,5,19H2,1-3H3/q+1/b6-4+,26-25?. The highest BCUT2D eigenvalue weighted by Gasteiger charge is 1.97. The van der Waals surface area contributed by atoms with Crippen molar-refractivity contribution in [1.29, 1.82) is 0 Å². The summed E-state index contributed by atoms with van der Waals surface area (Å²) in [4.78, 5) is 2.09. The van der Waals surface area contributed by atoms with Gasteiger partial charge in [0, 0.05) is 31.9 Å². The van der Waals surface area contributed by atoms with Crippen LogP contribution in [-0.2, 0) is 20.0 Å². The highest BCUT2D eigenvalue weighted by atomic mass is 15.1. The maximum atomic E-state index is 4.33. The fraction of sp³-hybridized carbons (Fsp3) is 0.208. The summed E-state index contributed by atoms with van der Waals surface area (Å²) >= 11 is 0. The molecule has 3 aromatic rings. The zero-order valence-corrected chi connectivity index (χ0v) is 16.8. The first-order valence-electron chi connectivity index (χ1n) is 9.45. The molecule has 0 spiro atoms. The summed E-state index contributed by atoms with van der Waals surface area (Å²) in [6.45, 7) is 0.590. The van der Waals surface area contributed by atoms with Crippen LogP contribution in [0.4, 0.5) is 11.4 Å². The lowest BCUT2D eigenvalue weighted by Crippen LogP contribution is -2.25. The molecule has 0 aliphatic rings. The van der Waals surface area contributed by atoms with Crippen LogP contribution in [0.3, 0.4) is 0 Å². The van der Waals surface area contributed by atoms with Gasteiger partial charge in [-0.2, -0.15) is 10.2 Å². The third-order valence-electron chi connectivity index (χ3n) is 4.50. The molecule has 0 amide bonds. The molecule has 0 saturated carbocycles. The molecule has 0 aliphatic heterocycles. The Morgan fingerprint density at radius 3 is 2.14 bits per heavy atom. The van der Waals surface area contributed by atoms with E-state index in [9.17, 15) is 0 Å². The van der Waals surface area contributed by atoms with Crippen LogP contribution in [0.5, 0.6) is 0 Å². The zero-order valence-electron chi connectivity index (χ0n) is 16.8. The number of benzene rings is 2. The van der Waals surface area contributed by atoms with E-state index in [1.54, 1.807) is 0 Å². The van der Waals surface area contributed by atoms with Crippen LogP contribution in [0, 0.1) is 0 Å². The van der Waals surface area contributed by atoms with Crippen LogP contribution in [0.25, 0.3) is 6.08 Å². The second-order valence-corrected chi connectivity index (χ2v) is 7.03. The molecule has 0 unspecified atom stereocenters. The lowest BCUT2D eigenvalue weighted by atomic mass is 10.1. The number of nitrogens with zero attached hydrogens (tertiary/aromatic N) is 4. The van der Waals surface area contributed by atoms with Crippen molar-refractivity contribution in [3.05, 3.63) is 95.8 Å². The summed E-state index contributed by atoms with van der Waals surface area (Å²) in [5.74, 6) is 0. The highest BCUT2D eigenvalue weighted by Crippen LogP contribution is 2.17. The third-order valence-corrected chi connectivity index (χ3v) is 4.50. The minimum atomic E-state index is 0.590. The first-order valence-corrected chi connectivity index (χ1v) is 9.45. The number of aryl methyl sites for hydroxylation is 1. The molecule has 28 heavy (non-hydrogen) atoms. The van der Waals surface area contributed by atoms with Crippen molar-refractivity contribution < 1.29 is 4.57 Å². The van der Waals surface area contributed by atoms with E-state index in [0.717, 1.165) is 17.7 Å². The molecule has 0 fully saturated rings. The molecule has 0 aliphatic carbocycles. The second-order valence-electron chi connectivity index (χ2n) is 7.03. The smallest absolute Gasteiger partial charge is 0.169 e. The SMILES string of the molecule is CN(C)c1ccc(CN=Nc2ccc(C/C=C/c3cc[n+](C)cc3)cc2)cc1. The van der Waals surface area contributed by atoms with Gasteiger partial charge in [0.1, 0.15) is 7.05 Å². The Morgan fingerprint density at radius 1 is 0.857 bits per heavy atom. The predicted molar refractivity (Wildman–Crippen MR) is 116 cm³/mol. The number of anilines is 1. The largest absolute Gasteiger partial charge is 0.378 e. The number of rotatable bonds is 7. The van der Waals surface area contributed by atoms with Gasteiger partial charge in [0.25, 0.3) is 0 Å². The topological polar surface area (TPSA) is 31.8 Å². The van der Waals surface area contributed by atoms with Crippen molar-refractivity contribution >= 4 is 17.5 Å². The van der Waals surface area contributed by atoms with Crippen LogP contribution >= 0.6 is 0 Å². The van der Waals surface area contributed by atoms with E-state index in [-0.39, 0.29) is 0 Å². The van der Waals surface area contributed by atoms with Gasteiger partial charge in [0.2, 0.25) is 0 Å². The average molecular weight is 372 g/mol. The van der Waals surface area contributed by atoms with Gasteiger partial charge in [-0.15, -0.1) is 0 Å². The van der Waals surface area contributed by atoms with E-state index in [4.69, 9.17) is 0 Å². The zero-order chi connectivity index (χ0) is 19.8. The summed E-state index contributed by atoms with van der Waals surface area (Å²) in [5.41, 5.74) is 5.70. The number of hydrogen-bond donors (Lipinski definition) is 0. The van der Waals surface area contributed by atoms with E-state index in [1.165, 1.54) is 16.8 Å². The highest BCUT2D eigenvalue weighted by molar-refractivity contribution is 5.48. The van der Waals surface area contributed by atoms with Gasteiger partial charge < -0.3 is 4.90 Å². The molecule has 2 aromatic carbocycles. The Hall–Kier alpha value is -3.27. The molecule has 1 heterocycles. The molecule has 0 atom stereocenters.